The van der Waals surface area contributed by atoms with E-state index >= 15 is 0 Å². The molecule has 21 heavy (non-hydrogen) atoms. The highest BCUT2D eigenvalue weighted by Gasteiger charge is 2.13. The Hall–Kier alpha value is -2.37. The van der Waals surface area contributed by atoms with Crippen molar-refractivity contribution in [1.29, 1.82) is 0 Å². The molecule has 0 fully saturated rings. The van der Waals surface area contributed by atoms with Crippen LogP contribution in [0.15, 0.2) is 54.6 Å². The molecule has 0 aliphatic heterocycles. The number of carbonyl (C=O) groups excluding carboxylic acids is 2. The zero-order valence-corrected chi connectivity index (χ0v) is 11.1. The van der Waals surface area contributed by atoms with E-state index in [4.69, 9.17) is 0 Å². The minimum atomic E-state index is -1.75. The van der Waals surface area contributed by atoms with Gasteiger partial charge in [0.1, 0.15) is 5.82 Å². The molecule has 108 valence electrons. The molecule has 0 aromatic heterocycles. The molecule has 0 spiro atoms. The monoisotopic (exact) mass is 292 g/mol. The second kappa shape index (κ2) is 8.74. The lowest BCUT2D eigenvalue weighted by atomic mass is 10.0. The third-order valence-electron chi connectivity index (χ3n) is 2.56. The number of halogens is 3. The Balaban J connectivity index is 0.000000677. The van der Waals surface area contributed by atoms with Crippen LogP contribution in [-0.2, 0) is 0 Å². The van der Waals surface area contributed by atoms with Crippen molar-refractivity contribution in [2.24, 2.45) is 0 Å². The Morgan fingerprint density at radius 2 is 1.38 bits per heavy atom. The van der Waals surface area contributed by atoms with Gasteiger partial charge in [-0.05, 0) is 12.1 Å². The van der Waals surface area contributed by atoms with Crippen LogP contribution in [-0.4, -0.2) is 19.4 Å². The van der Waals surface area contributed by atoms with Gasteiger partial charge in [0.25, 0.3) is 0 Å². The van der Waals surface area contributed by atoms with Gasteiger partial charge in [-0.3, -0.25) is 18.2 Å². The molecule has 0 unspecified atom stereocenters. The zero-order chi connectivity index (χ0) is 15.7. The average Bonchev–Trinajstić information content (AvgIpc) is 2.49. The highest BCUT2D eigenvalue weighted by Crippen LogP contribution is 2.10. The molecular formula is C15H12BF3O2. The van der Waals surface area contributed by atoms with Crippen LogP contribution in [0.4, 0.5) is 13.0 Å². The minimum Gasteiger partial charge on any atom is -0.294 e. The molecule has 6 heteroatoms. The summed E-state index contributed by atoms with van der Waals surface area (Å²) in [5, 5.41) is 0. The smallest absolute Gasteiger partial charge is 0.294 e. The molecular weight excluding hydrogens is 280 g/mol. The average molecular weight is 292 g/mol. The topological polar surface area (TPSA) is 34.1 Å². The lowest BCUT2D eigenvalue weighted by Gasteiger charge is -2.01. The summed E-state index contributed by atoms with van der Waals surface area (Å²) in [5.41, 5.74) is 0.710. The van der Waals surface area contributed by atoms with Crippen molar-refractivity contribution in [2.75, 3.05) is 0 Å². The van der Waals surface area contributed by atoms with E-state index in [0.717, 1.165) is 6.07 Å². The Kier molecular flexibility index (Phi) is 6.94. The molecule has 0 heterocycles. The van der Waals surface area contributed by atoms with Gasteiger partial charge in [0, 0.05) is 11.1 Å². The summed E-state index contributed by atoms with van der Waals surface area (Å²) < 4.78 is 32.2. The van der Waals surface area contributed by atoms with Crippen molar-refractivity contribution in [2.45, 2.75) is 6.42 Å². The van der Waals surface area contributed by atoms with Gasteiger partial charge in [-0.15, -0.1) is 0 Å². The molecule has 0 aliphatic rings. The molecule has 0 N–H and O–H groups in total. The molecule has 2 aromatic rings. The molecule has 2 nitrogen and oxygen atoms in total. The van der Waals surface area contributed by atoms with E-state index in [1.807, 2.05) is 0 Å². The molecule has 0 bridgehead atoms. The number of Topliss-reactive ketones (excluding diaryl/α,β-unsaturated/α-hetero) is 2. The second-order valence-electron chi connectivity index (χ2n) is 4.00. The molecule has 2 rings (SSSR count). The van der Waals surface area contributed by atoms with Crippen LogP contribution in [0.25, 0.3) is 0 Å². The summed E-state index contributed by atoms with van der Waals surface area (Å²) in [5.74, 6) is -1.11. The summed E-state index contributed by atoms with van der Waals surface area (Å²) in [4.78, 5) is 23.6. The summed E-state index contributed by atoms with van der Waals surface area (Å²) in [6.45, 7) is 0. The summed E-state index contributed by atoms with van der Waals surface area (Å²) in [6, 6.07) is 13.9. The first kappa shape index (κ1) is 16.7. The lowest BCUT2D eigenvalue weighted by Crippen LogP contribution is -2.08. The number of benzene rings is 2. The quantitative estimate of drug-likeness (QED) is 0.491. The van der Waals surface area contributed by atoms with Crippen LogP contribution in [0.5, 0.6) is 0 Å². The molecule has 2 aromatic carbocycles. The fourth-order valence-corrected chi connectivity index (χ4v) is 1.64. The first-order chi connectivity index (χ1) is 10.1. The fourth-order valence-electron chi connectivity index (χ4n) is 1.64. The van der Waals surface area contributed by atoms with Crippen molar-refractivity contribution in [3.8, 4) is 0 Å². The number of carbonyl (C=O) groups is 2. The first-order valence-electron chi connectivity index (χ1n) is 6.07. The van der Waals surface area contributed by atoms with Crippen LogP contribution in [0.3, 0.4) is 0 Å². The van der Waals surface area contributed by atoms with Gasteiger partial charge in [-0.1, -0.05) is 42.5 Å². The zero-order valence-electron chi connectivity index (χ0n) is 11.1. The maximum Gasteiger partial charge on any atom is 0.521 e. The summed E-state index contributed by atoms with van der Waals surface area (Å²) in [7, 11) is -1.75. The van der Waals surface area contributed by atoms with Crippen LogP contribution in [0.1, 0.15) is 27.1 Å². The molecule has 0 saturated heterocycles. The third-order valence-corrected chi connectivity index (χ3v) is 2.56. The highest BCUT2D eigenvalue weighted by atomic mass is 19.2. The van der Waals surface area contributed by atoms with Gasteiger partial charge >= 0.3 is 7.83 Å². The Bertz CT molecular complexity index is 603. The SMILES string of the molecule is FBF.O=C(CC(=O)c1cccc(F)c1)c1ccccc1. The molecule has 0 aliphatic carbocycles. The molecule has 0 amide bonds. The van der Waals surface area contributed by atoms with Gasteiger partial charge in [0.15, 0.2) is 11.6 Å². The fraction of sp³-hybridized carbons (Fsp3) is 0.0667. The van der Waals surface area contributed by atoms with Crippen LogP contribution >= 0.6 is 0 Å². The van der Waals surface area contributed by atoms with E-state index in [2.05, 4.69) is 0 Å². The predicted octanol–water partition coefficient (Wildman–Crippen LogP) is 3.47. The Labute approximate surface area is 120 Å². The van der Waals surface area contributed by atoms with Crippen molar-refractivity contribution < 1.29 is 22.6 Å². The maximum atomic E-state index is 13.0. The number of rotatable bonds is 4. The minimum absolute atomic E-state index is 0.222. The van der Waals surface area contributed by atoms with Crippen LogP contribution < -0.4 is 0 Å². The highest BCUT2D eigenvalue weighted by molar-refractivity contribution is 6.15. The molecule has 0 atom stereocenters. The van der Waals surface area contributed by atoms with E-state index in [0.29, 0.717) is 5.56 Å². The second-order valence-corrected chi connectivity index (χ2v) is 4.00. The van der Waals surface area contributed by atoms with Crippen LogP contribution in [0.2, 0.25) is 0 Å². The van der Waals surface area contributed by atoms with Crippen LogP contribution in [0, 0.1) is 5.82 Å². The first-order valence-corrected chi connectivity index (χ1v) is 6.07. The van der Waals surface area contributed by atoms with Crippen molar-refractivity contribution in [1.82, 2.24) is 0 Å². The predicted molar refractivity (Wildman–Crippen MR) is 75.5 cm³/mol. The van der Waals surface area contributed by atoms with E-state index < -0.39 is 13.7 Å². The summed E-state index contributed by atoms with van der Waals surface area (Å²) >= 11 is 0. The molecule has 0 radical (unpaired) electrons. The number of ketones is 2. The van der Waals surface area contributed by atoms with E-state index in [1.54, 1.807) is 30.3 Å². The Morgan fingerprint density at radius 3 is 1.95 bits per heavy atom. The lowest BCUT2D eigenvalue weighted by molar-refractivity contribution is 0.0894. The maximum absolute atomic E-state index is 13.0. The summed E-state index contributed by atoms with van der Waals surface area (Å²) in [6.07, 6.45) is -0.243. The van der Waals surface area contributed by atoms with Crippen molar-refractivity contribution >= 4 is 19.4 Å². The normalized spacial score (nSPS) is 9.29. The van der Waals surface area contributed by atoms with Crippen molar-refractivity contribution in [3.63, 3.8) is 0 Å². The van der Waals surface area contributed by atoms with E-state index in [1.165, 1.54) is 18.2 Å². The van der Waals surface area contributed by atoms with E-state index in [-0.39, 0.29) is 23.6 Å². The van der Waals surface area contributed by atoms with Gasteiger partial charge in [0.2, 0.25) is 0 Å². The Morgan fingerprint density at radius 1 is 0.857 bits per heavy atom. The van der Waals surface area contributed by atoms with Gasteiger partial charge in [-0.2, -0.15) is 0 Å². The third kappa shape index (κ3) is 5.64. The number of hydrogen-bond acceptors (Lipinski definition) is 2. The van der Waals surface area contributed by atoms with Gasteiger partial charge in [0.05, 0.1) is 6.42 Å². The largest absolute Gasteiger partial charge is 0.521 e. The number of hydrogen-bond donors (Lipinski definition) is 0. The van der Waals surface area contributed by atoms with E-state index in [9.17, 15) is 22.6 Å². The molecule has 0 saturated carbocycles. The standard InChI is InChI=1S/C15H11FO2.BF2H/c16-13-8-4-7-12(9-13)15(18)10-14(17)11-5-2-1-3-6-11;2-1-3/h1-9H,10H2;1H. The van der Waals surface area contributed by atoms with Gasteiger partial charge < -0.3 is 0 Å². The van der Waals surface area contributed by atoms with Gasteiger partial charge in [-0.25, -0.2) is 4.39 Å². The van der Waals surface area contributed by atoms with Crippen molar-refractivity contribution in [3.05, 3.63) is 71.5 Å².